The van der Waals surface area contributed by atoms with Crippen molar-refractivity contribution in [2.75, 3.05) is 44.8 Å². The molecule has 4 N–H and O–H groups in total. The number of imide groups is 1. The number of carbonyl (C=O) groups excluding carboxylic acids is 4. The molecule has 1 aromatic carbocycles. The Kier molecular flexibility index (Phi) is 10.2. The zero-order chi connectivity index (χ0) is 25.9. The van der Waals surface area contributed by atoms with Crippen molar-refractivity contribution < 1.29 is 38.6 Å². The van der Waals surface area contributed by atoms with Gasteiger partial charge in [0.1, 0.15) is 6.04 Å². The fourth-order valence-electron chi connectivity index (χ4n) is 4.08. The van der Waals surface area contributed by atoms with Gasteiger partial charge in [-0.3, -0.25) is 29.3 Å². The van der Waals surface area contributed by atoms with Gasteiger partial charge in [0.2, 0.25) is 17.7 Å². The van der Waals surface area contributed by atoms with Gasteiger partial charge in [0.05, 0.1) is 26.4 Å². The number of nitrogens with one attached hydrogen (secondary N) is 3. The summed E-state index contributed by atoms with van der Waals surface area (Å²) in [6.07, 6.45) is 0.996. The van der Waals surface area contributed by atoms with E-state index in [-0.39, 0.29) is 37.0 Å². The van der Waals surface area contributed by atoms with E-state index in [2.05, 4.69) is 16.0 Å². The molecule has 12 heteroatoms. The zero-order valence-corrected chi connectivity index (χ0v) is 20.0. The van der Waals surface area contributed by atoms with Gasteiger partial charge in [-0.15, -0.1) is 0 Å². The van der Waals surface area contributed by atoms with Crippen molar-refractivity contribution in [1.82, 2.24) is 15.5 Å². The van der Waals surface area contributed by atoms with Crippen LogP contribution in [0.3, 0.4) is 0 Å². The van der Waals surface area contributed by atoms with Crippen molar-refractivity contribution >= 4 is 35.3 Å². The molecule has 1 fully saturated rings. The van der Waals surface area contributed by atoms with Crippen LogP contribution in [0.5, 0.6) is 0 Å². The van der Waals surface area contributed by atoms with Gasteiger partial charge in [-0.05, 0) is 25.0 Å². The minimum atomic E-state index is -0.916. The molecule has 3 rings (SSSR count). The highest BCUT2D eigenvalue weighted by Gasteiger charge is 2.39. The third kappa shape index (κ3) is 7.75. The summed E-state index contributed by atoms with van der Waals surface area (Å²) in [7, 11) is 0. The highest BCUT2D eigenvalue weighted by Crippen LogP contribution is 2.32. The van der Waals surface area contributed by atoms with Crippen LogP contribution in [0.1, 0.15) is 48.0 Å². The van der Waals surface area contributed by atoms with E-state index >= 15 is 0 Å². The van der Waals surface area contributed by atoms with Crippen LogP contribution in [-0.4, -0.2) is 85.2 Å². The number of fused-ring (bicyclic) bond motifs is 1. The number of carbonyl (C=O) groups is 5. The van der Waals surface area contributed by atoms with Crippen LogP contribution in [0.2, 0.25) is 0 Å². The Morgan fingerprint density at radius 2 is 1.81 bits per heavy atom. The van der Waals surface area contributed by atoms with E-state index in [0.717, 1.165) is 11.3 Å². The number of rotatable bonds is 15. The molecule has 0 spiro atoms. The van der Waals surface area contributed by atoms with E-state index in [4.69, 9.17) is 14.6 Å². The Bertz CT molecular complexity index is 983. The second-order valence-electron chi connectivity index (χ2n) is 8.48. The lowest BCUT2D eigenvalue weighted by atomic mass is 10.0. The first-order valence-corrected chi connectivity index (χ1v) is 12.0. The number of aliphatic carboxylic acids is 1. The van der Waals surface area contributed by atoms with Crippen molar-refractivity contribution in [3.8, 4) is 0 Å². The van der Waals surface area contributed by atoms with Crippen LogP contribution in [-0.2, 0) is 35.2 Å². The lowest BCUT2D eigenvalue weighted by molar-refractivity contribution is -0.138. The number of benzene rings is 1. The van der Waals surface area contributed by atoms with Gasteiger partial charge in [-0.25, -0.2) is 0 Å². The van der Waals surface area contributed by atoms with Crippen molar-refractivity contribution in [2.45, 2.75) is 44.7 Å². The summed E-state index contributed by atoms with van der Waals surface area (Å²) in [6, 6.07) is 4.75. The summed E-state index contributed by atoms with van der Waals surface area (Å²) < 4.78 is 10.9. The zero-order valence-electron chi connectivity index (χ0n) is 20.0. The normalized spacial score (nSPS) is 17.1. The molecule has 196 valence electrons. The Morgan fingerprint density at radius 1 is 1.06 bits per heavy atom. The Hall–Kier alpha value is -3.51. The predicted molar refractivity (Wildman–Crippen MR) is 127 cm³/mol. The SMILES string of the molecule is O=C(O)CCCC(=O)NCCOCCOCCNc1cccc2c1CN(C1CCC(=O)NC1=O)C2=O. The number of carboxylic acids is 1. The third-order valence-corrected chi connectivity index (χ3v) is 5.88. The van der Waals surface area contributed by atoms with E-state index in [0.29, 0.717) is 64.5 Å². The minimum absolute atomic E-state index is 0.0260. The molecule has 0 bridgehead atoms. The van der Waals surface area contributed by atoms with Crippen molar-refractivity contribution in [3.63, 3.8) is 0 Å². The summed E-state index contributed by atoms with van der Waals surface area (Å²) in [6.45, 7) is 2.65. The molecule has 2 aliphatic rings. The van der Waals surface area contributed by atoms with E-state index in [1.165, 1.54) is 4.90 Å². The summed E-state index contributed by atoms with van der Waals surface area (Å²) in [4.78, 5) is 59.9. The maximum Gasteiger partial charge on any atom is 0.303 e. The first-order valence-electron chi connectivity index (χ1n) is 12.0. The lowest BCUT2D eigenvalue weighted by Gasteiger charge is -2.29. The molecule has 0 saturated carbocycles. The molecule has 12 nitrogen and oxygen atoms in total. The van der Waals surface area contributed by atoms with Crippen molar-refractivity contribution in [2.24, 2.45) is 0 Å². The van der Waals surface area contributed by atoms with Crippen LogP contribution in [0.4, 0.5) is 5.69 Å². The van der Waals surface area contributed by atoms with Crippen LogP contribution in [0.25, 0.3) is 0 Å². The fraction of sp³-hybridized carbons (Fsp3) is 0.542. The summed E-state index contributed by atoms with van der Waals surface area (Å²) in [5, 5.41) is 16.8. The van der Waals surface area contributed by atoms with Gasteiger partial charge in [0, 0.05) is 55.7 Å². The van der Waals surface area contributed by atoms with Crippen LogP contribution < -0.4 is 16.0 Å². The van der Waals surface area contributed by atoms with E-state index in [9.17, 15) is 24.0 Å². The van der Waals surface area contributed by atoms with Gasteiger partial charge in [-0.2, -0.15) is 0 Å². The molecule has 2 aliphatic heterocycles. The van der Waals surface area contributed by atoms with E-state index < -0.39 is 17.9 Å². The molecule has 4 amide bonds. The second-order valence-corrected chi connectivity index (χ2v) is 8.48. The first-order chi connectivity index (χ1) is 17.4. The Morgan fingerprint density at radius 3 is 2.53 bits per heavy atom. The highest BCUT2D eigenvalue weighted by molar-refractivity contribution is 6.06. The van der Waals surface area contributed by atoms with Crippen LogP contribution in [0, 0.1) is 0 Å². The quantitative estimate of drug-likeness (QED) is 0.194. The summed E-state index contributed by atoms with van der Waals surface area (Å²) >= 11 is 0. The summed E-state index contributed by atoms with van der Waals surface area (Å²) in [5.74, 6) is -2.08. The molecule has 1 saturated heterocycles. The Labute approximate surface area is 208 Å². The number of hydrogen-bond acceptors (Lipinski definition) is 8. The number of anilines is 1. The van der Waals surface area contributed by atoms with Gasteiger partial charge >= 0.3 is 5.97 Å². The summed E-state index contributed by atoms with van der Waals surface area (Å²) in [5.41, 5.74) is 2.17. The van der Waals surface area contributed by atoms with Gasteiger partial charge < -0.3 is 30.1 Å². The van der Waals surface area contributed by atoms with Gasteiger partial charge in [0.25, 0.3) is 5.91 Å². The van der Waals surface area contributed by atoms with Crippen molar-refractivity contribution in [1.29, 1.82) is 0 Å². The molecule has 1 unspecified atom stereocenters. The molecule has 0 aliphatic carbocycles. The fourth-order valence-corrected chi connectivity index (χ4v) is 4.08. The number of carboxylic acid groups (broad SMARTS) is 1. The van der Waals surface area contributed by atoms with Gasteiger partial charge in [0.15, 0.2) is 0 Å². The van der Waals surface area contributed by atoms with Gasteiger partial charge in [-0.1, -0.05) is 6.07 Å². The molecule has 2 heterocycles. The maximum absolute atomic E-state index is 12.9. The van der Waals surface area contributed by atoms with Crippen molar-refractivity contribution in [3.05, 3.63) is 29.3 Å². The lowest BCUT2D eigenvalue weighted by Crippen LogP contribution is -2.52. The standard InChI is InChI=1S/C24H32N4O8/c29-20(5-2-6-22(31)32)26-10-12-36-14-13-35-11-9-25-18-4-1-3-16-17(18)15-28(24(16)34)19-7-8-21(30)27-23(19)33/h1,3-4,19,25H,2,5-15H2,(H,26,29)(H,31,32)(H,27,30,33). The third-order valence-electron chi connectivity index (χ3n) is 5.88. The average Bonchev–Trinajstić information content (AvgIpc) is 3.17. The van der Waals surface area contributed by atoms with Crippen LogP contribution >= 0.6 is 0 Å². The number of nitrogens with zero attached hydrogens (tertiary/aromatic N) is 1. The maximum atomic E-state index is 12.9. The topological polar surface area (TPSA) is 163 Å². The number of piperidine rings is 1. The molecular formula is C24H32N4O8. The predicted octanol–water partition coefficient (Wildman–Crippen LogP) is 0.264. The van der Waals surface area contributed by atoms with E-state index in [1.54, 1.807) is 12.1 Å². The largest absolute Gasteiger partial charge is 0.481 e. The first kappa shape index (κ1) is 27.1. The Balaban J connectivity index is 1.29. The molecule has 1 aromatic rings. The molecule has 0 radical (unpaired) electrons. The number of ether oxygens (including phenoxy) is 2. The average molecular weight is 505 g/mol. The van der Waals surface area contributed by atoms with Crippen LogP contribution in [0.15, 0.2) is 18.2 Å². The smallest absolute Gasteiger partial charge is 0.303 e. The number of amides is 4. The highest BCUT2D eigenvalue weighted by atomic mass is 16.5. The molecule has 1 atom stereocenters. The monoisotopic (exact) mass is 504 g/mol. The molecule has 0 aromatic heterocycles. The van der Waals surface area contributed by atoms with E-state index in [1.807, 2.05) is 6.07 Å². The number of hydrogen-bond donors (Lipinski definition) is 4. The minimum Gasteiger partial charge on any atom is -0.481 e. The molecular weight excluding hydrogens is 472 g/mol. The second kappa shape index (κ2) is 13.5. The molecule has 36 heavy (non-hydrogen) atoms.